The lowest BCUT2D eigenvalue weighted by Crippen LogP contribution is -1.81. The second-order valence-corrected chi connectivity index (χ2v) is 3.53. The van der Waals surface area contributed by atoms with Crippen LogP contribution in [0.15, 0.2) is 60.7 Å². The standard InChI is InChI=1S/C15H18/c1-4-13(3)11-12-14(5-2)15-9-7-6-8-10-15/h4,6-12H,1,5H2,2-3H3/b13-11-,14-12+. The summed E-state index contributed by atoms with van der Waals surface area (Å²) in [6.45, 7) is 7.97. The van der Waals surface area contributed by atoms with Crippen molar-refractivity contribution in [1.82, 2.24) is 0 Å². The molecule has 1 rings (SSSR count). The van der Waals surface area contributed by atoms with Crippen molar-refractivity contribution in [1.29, 1.82) is 0 Å². The Kier molecular flexibility index (Phi) is 4.62. The van der Waals surface area contributed by atoms with E-state index in [2.05, 4.69) is 56.8 Å². The van der Waals surface area contributed by atoms with Crippen LogP contribution in [-0.4, -0.2) is 0 Å². The highest BCUT2D eigenvalue weighted by atomic mass is 14.0. The van der Waals surface area contributed by atoms with Gasteiger partial charge in [0, 0.05) is 0 Å². The van der Waals surface area contributed by atoms with Gasteiger partial charge in [-0.15, -0.1) is 0 Å². The predicted octanol–water partition coefficient (Wildman–Crippen LogP) is 4.61. The summed E-state index contributed by atoms with van der Waals surface area (Å²) >= 11 is 0. The first kappa shape index (κ1) is 11.5. The molecule has 0 nitrogen and oxygen atoms in total. The number of allylic oxidation sites excluding steroid dienone is 5. The van der Waals surface area contributed by atoms with Crippen LogP contribution >= 0.6 is 0 Å². The molecule has 15 heavy (non-hydrogen) atoms. The molecule has 0 heteroatoms. The third-order valence-electron chi connectivity index (χ3n) is 2.39. The summed E-state index contributed by atoms with van der Waals surface area (Å²) in [5, 5.41) is 0. The van der Waals surface area contributed by atoms with E-state index >= 15 is 0 Å². The zero-order valence-corrected chi connectivity index (χ0v) is 9.53. The van der Waals surface area contributed by atoms with Crippen LogP contribution in [0.25, 0.3) is 5.57 Å². The molecule has 0 saturated carbocycles. The third-order valence-corrected chi connectivity index (χ3v) is 2.39. The summed E-state index contributed by atoms with van der Waals surface area (Å²) in [4.78, 5) is 0. The van der Waals surface area contributed by atoms with Gasteiger partial charge in [-0.05, 0) is 24.5 Å². The molecule has 0 amide bonds. The van der Waals surface area contributed by atoms with Gasteiger partial charge in [-0.1, -0.05) is 67.6 Å². The normalized spacial score (nSPS) is 12.7. The average Bonchev–Trinajstić information content (AvgIpc) is 2.31. The molecule has 0 aliphatic carbocycles. The van der Waals surface area contributed by atoms with Crippen LogP contribution in [0.1, 0.15) is 25.8 Å². The molecule has 0 aliphatic rings. The molecule has 0 heterocycles. The Morgan fingerprint density at radius 1 is 1.20 bits per heavy atom. The van der Waals surface area contributed by atoms with Crippen molar-refractivity contribution in [3.05, 3.63) is 66.3 Å². The summed E-state index contributed by atoms with van der Waals surface area (Å²) in [5.41, 5.74) is 3.85. The van der Waals surface area contributed by atoms with E-state index < -0.39 is 0 Å². The summed E-state index contributed by atoms with van der Waals surface area (Å²) in [7, 11) is 0. The summed E-state index contributed by atoms with van der Waals surface area (Å²) < 4.78 is 0. The van der Waals surface area contributed by atoms with Crippen LogP contribution in [0.5, 0.6) is 0 Å². The largest absolute Gasteiger partial charge is 0.0988 e. The number of hydrogen-bond donors (Lipinski definition) is 0. The van der Waals surface area contributed by atoms with Crippen LogP contribution in [0.2, 0.25) is 0 Å². The summed E-state index contributed by atoms with van der Waals surface area (Å²) in [6, 6.07) is 10.5. The van der Waals surface area contributed by atoms with Crippen molar-refractivity contribution in [3.63, 3.8) is 0 Å². The molecule has 0 unspecified atom stereocenters. The first-order valence-electron chi connectivity index (χ1n) is 5.33. The quantitative estimate of drug-likeness (QED) is 0.620. The molecule has 1 aromatic carbocycles. The van der Waals surface area contributed by atoms with Crippen LogP contribution in [0.3, 0.4) is 0 Å². The van der Waals surface area contributed by atoms with Crippen LogP contribution in [0, 0.1) is 0 Å². The minimum Gasteiger partial charge on any atom is -0.0988 e. The Labute approximate surface area is 92.6 Å². The topological polar surface area (TPSA) is 0 Å². The van der Waals surface area contributed by atoms with Crippen molar-refractivity contribution >= 4 is 5.57 Å². The van der Waals surface area contributed by atoms with Gasteiger partial charge in [0.05, 0.1) is 0 Å². The number of rotatable bonds is 4. The van der Waals surface area contributed by atoms with Gasteiger partial charge < -0.3 is 0 Å². The van der Waals surface area contributed by atoms with E-state index in [9.17, 15) is 0 Å². The first-order chi connectivity index (χ1) is 7.27. The average molecular weight is 198 g/mol. The SMILES string of the molecule is C=C/C(C)=C\C=C(/CC)c1ccccc1. The van der Waals surface area contributed by atoms with Crippen LogP contribution in [0.4, 0.5) is 0 Å². The van der Waals surface area contributed by atoms with E-state index in [0.29, 0.717) is 0 Å². The Hall–Kier alpha value is -1.56. The van der Waals surface area contributed by atoms with Crippen LogP contribution < -0.4 is 0 Å². The molecule has 0 saturated heterocycles. The maximum Gasteiger partial charge on any atom is -0.0225 e. The van der Waals surface area contributed by atoms with Gasteiger partial charge in [0.2, 0.25) is 0 Å². The van der Waals surface area contributed by atoms with Gasteiger partial charge >= 0.3 is 0 Å². The molecular weight excluding hydrogens is 180 g/mol. The highest BCUT2D eigenvalue weighted by Crippen LogP contribution is 2.17. The minimum absolute atomic E-state index is 1.05. The highest BCUT2D eigenvalue weighted by Gasteiger charge is 1.95. The lowest BCUT2D eigenvalue weighted by Gasteiger charge is -2.03. The molecule has 0 bridgehead atoms. The van der Waals surface area contributed by atoms with E-state index in [1.54, 1.807) is 0 Å². The fourth-order valence-corrected chi connectivity index (χ4v) is 1.37. The van der Waals surface area contributed by atoms with Crippen molar-refractivity contribution in [2.75, 3.05) is 0 Å². The smallest absolute Gasteiger partial charge is 0.0225 e. The number of hydrogen-bond acceptors (Lipinski definition) is 0. The van der Waals surface area contributed by atoms with E-state index in [1.165, 1.54) is 16.7 Å². The molecule has 0 fully saturated rings. The molecule has 0 spiro atoms. The second kappa shape index (κ2) is 6.02. The Morgan fingerprint density at radius 3 is 2.40 bits per heavy atom. The molecule has 0 N–H and O–H groups in total. The van der Waals surface area contributed by atoms with Gasteiger partial charge in [-0.3, -0.25) is 0 Å². The Bertz CT molecular complexity index is 366. The molecule has 0 aromatic heterocycles. The van der Waals surface area contributed by atoms with E-state index in [-0.39, 0.29) is 0 Å². The Morgan fingerprint density at radius 2 is 1.87 bits per heavy atom. The third kappa shape index (κ3) is 3.59. The zero-order chi connectivity index (χ0) is 11.1. The fraction of sp³-hybridized carbons (Fsp3) is 0.200. The first-order valence-corrected chi connectivity index (χ1v) is 5.33. The predicted molar refractivity (Wildman–Crippen MR) is 68.7 cm³/mol. The van der Waals surface area contributed by atoms with Crippen molar-refractivity contribution in [2.45, 2.75) is 20.3 Å². The summed E-state index contributed by atoms with van der Waals surface area (Å²) in [6.07, 6.45) is 7.20. The molecule has 0 radical (unpaired) electrons. The fourth-order valence-electron chi connectivity index (χ4n) is 1.37. The lowest BCUT2D eigenvalue weighted by molar-refractivity contribution is 1.24. The second-order valence-electron chi connectivity index (χ2n) is 3.53. The van der Waals surface area contributed by atoms with Crippen molar-refractivity contribution < 1.29 is 0 Å². The monoisotopic (exact) mass is 198 g/mol. The van der Waals surface area contributed by atoms with E-state index in [1.807, 2.05) is 12.1 Å². The van der Waals surface area contributed by atoms with Gasteiger partial charge in [0.25, 0.3) is 0 Å². The maximum atomic E-state index is 3.74. The number of benzene rings is 1. The summed E-state index contributed by atoms with van der Waals surface area (Å²) in [5.74, 6) is 0. The van der Waals surface area contributed by atoms with Gasteiger partial charge in [0.1, 0.15) is 0 Å². The van der Waals surface area contributed by atoms with Crippen molar-refractivity contribution in [3.8, 4) is 0 Å². The zero-order valence-electron chi connectivity index (χ0n) is 9.53. The van der Waals surface area contributed by atoms with Crippen molar-refractivity contribution in [2.24, 2.45) is 0 Å². The van der Waals surface area contributed by atoms with E-state index in [0.717, 1.165) is 6.42 Å². The molecular formula is C15H18. The highest BCUT2D eigenvalue weighted by molar-refractivity contribution is 5.66. The van der Waals surface area contributed by atoms with Gasteiger partial charge in [-0.25, -0.2) is 0 Å². The van der Waals surface area contributed by atoms with Gasteiger partial charge in [0.15, 0.2) is 0 Å². The van der Waals surface area contributed by atoms with Crippen LogP contribution in [-0.2, 0) is 0 Å². The maximum absolute atomic E-state index is 3.74. The molecule has 0 atom stereocenters. The van der Waals surface area contributed by atoms with Gasteiger partial charge in [-0.2, -0.15) is 0 Å². The molecule has 0 aliphatic heterocycles. The molecule has 78 valence electrons. The van der Waals surface area contributed by atoms with E-state index in [4.69, 9.17) is 0 Å². The minimum atomic E-state index is 1.05. The lowest BCUT2D eigenvalue weighted by atomic mass is 10.0. The Balaban J connectivity index is 2.94. The molecule has 1 aromatic rings.